The fourth-order valence-corrected chi connectivity index (χ4v) is 5.73. The minimum absolute atomic E-state index is 0.132. The second kappa shape index (κ2) is 10.5. The maximum Gasteiger partial charge on any atom is 0.410 e. The highest BCUT2D eigenvalue weighted by atomic mass is 16.6. The van der Waals surface area contributed by atoms with Gasteiger partial charge in [0.1, 0.15) is 28.7 Å². The molecule has 3 heterocycles. The van der Waals surface area contributed by atoms with Crippen molar-refractivity contribution in [3.05, 3.63) is 66.2 Å². The maximum atomic E-state index is 12.4. The third-order valence-corrected chi connectivity index (χ3v) is 8.01. The van der Waals surface area contributed by atoms with Crippen molar-refractivity contribution >= 4 is 22.8 Å². The second-order valence-electron chi connectivity index (χ2n) is 11.9. The lowest BCUT2D eigenvalue weighted by Gasteiger charge is -2.46. The molecular weight excluding hydrogens is 514 g/mol. The molecular formula is C32H35N7O2. The van der Waals surface area contributed by atoms with E-state index in [0.29, 0.717) is 36.2 Å². The predicted molar refractivity (Wildman–Crippen MR) is 159 cm³/mol. The molecule has 0 spiro atoms. The molecule has 9 nitrogen and oxygen atoms in total. The molecule has 2 fully saturated rings. The molecule has 2 aliphatic rings. The number of piperazine rings is 1. The van der Waals surface area contributed by atoms with Gasteiger partial charge in [-0.1, -0.05) is 48.5 Å². The van der Waals surface area contributed by atoms with Crippen LogP contribution in [0.4, 0.5) is 10.6 Å². The van der Waals surface area contributed by atoms with Crippen molar-refractivity contribution in [3.8, 4) is 28.6 Å². The quantitative estimate of drug-likeness (QED) is 0.359. The van der Waals surface area contributed by atoms with Crippen LogP contribution in [0.1, 0.15) is 45.2 Å². The number of hydrogen-bond donors (Lipinski definition) is 1. The summed E-state index contributed by atoms with van der Waals surface area (Å²) < 4.78 is 7.36. The summed E-state index contributed by atoms with van der Waals surface area (Å²) in [6.07, 6.45) is 1.56. The summed E-state index contributed by atoms with van der Waals surface area (Å²) in [5.41, 5.74) is 10.6. The molecule has 9 heteroatoms. The summed E-state index contributed by atoms with van der Waals surface area (Å²) in [4.78, 5) is 21.5. The van der Waals surface area contributed by atoms with Crippen LogP contribution in [0, 0.1) is 11.3 Å². The van der Waals surface area contributed by atoms with Gasteiger partial charge in [0.2, 0.25) is 0 Å². The molecule has 2 N–H and O–H groups in total. The van der Waals surface area contributed by atoms with E-state index in [1.807, 2.05) is 80.1 Å². The number of rotatable bonds is 4. The van der Waals surface area contributed by atoms with E-state index in [4.69, 9.17) is 20.6 Å². The summed E-state index contributed by atoms with van der Waals surface area (Å²) in [6, 6.07) is 23.0. The van der Waals surface area contributed by atoms with Crippen LogP contribution >= 0.6 is 0 Å². The second-order valence-corrected chi connectivity index (χ2v) is 11.9. The number of carbonyl (C=O) groups excluding carboxylic acids is 1. The number of nitrogens with zero attached hydrogens (tertiary/aromatic N) is 6. The Kier molecular flexibility index (Phi) is 6.88. The average molecular weight is 550 g/mol. The number of fused-ring (bicyclic) bond motifs is 1. The molecule has 41 heavy (non-hydrogen) atoms. The van der Waals surface area contributed by atoms with E-state index < -0.39 is 5.60 Å². The van der Waals surface area contributed by atoms with E-state index >= 15 is 0 Å². The van der Waals surface area contributed by atoms with Crippen LogP contribution in [0.3, 0.4) is 0 Å². The minimum Gasteiger partial charge on any atom is -0.444 e. The lowest BCUT2D eigenvalue weighted by atomic mass is 9.85. The van der Waals surface area contributed by atoms with Gasteiger partial charge in [0.05, 0.1) is 17.3 Å². The Labute approximate surface area is 240 Å². The first kappa shape index (κ1) is 26.8. The standard InChI is InChI=1S/C32H35N7O2/c1-32(2,3)41-31(40)38-15-13-37(14-16-38)24-18-25(19-24)39-30(34)26(20-33)29(36-39)23-10-9-22-11-12-27(35-28(22)17-23)21-7-5-4-6-8-21/h4-12,17,24-25H,13-16,18-19,34H2,1-3H3. The molecule has 1 aliphatic carbocycles. The number of hydrogen-bond acceptors (Lipinski definition) is 7. The third-order valence-electron chi connectivity index (χ3n) is 8.01. The highest BCUT2D eigenvalue weighted by molar-refractivity contribution is 5.87. The summed E-state index contributed by atoms with van der Waals surface area (Å²) in [6.45, 7) is 8.61. The summed E-state index contributed by atoms with van der Waals surface area (Å²) >= 11 is 0. The molecule has 1 aliphatic heterocycles. The van der Waals surface area contributed by atoms with E-state index in [0.717, 1.165) is 53.7 Å². The molecule has 1 amide bonds. The summed E-state index contributed by atoms with van der Waals surface area (Å²) in [7, 11) is 0. The summed E-state index contributed by atoms with van der Waals surface area (Å²) in [5, 5.41) is 15.9. The average Bonchev–Trinajstić information content (AvgIpc) is 3.27. The number of amides is 1. The third kappa shape index (κ3) is 5.35. The van der Waals surface area contributed by atoms with Gasteiger partial charge in [0.15, 0.2) is 0 Å². The molecule has 1 saturated carbocycles. The van der Waals surface area contributed by atoms with Crippen molar-refractivity contribution in [2.75, 3.05) is 31.9 Å². The maximum absolute atomic E-state index is 12.4. The van der Waals surface area contributed by atoms with E-state index in [2.05, 4.69) is 17.0 Å². The molecule has 6 rings (SSSR count). The number of aromatic nitrogens is 3. The van der Waals surface area contributed by atoms with Gasteiger partial charge in [-0.3, -0.25) is 4.90 Å². The number of pyridine rings is 1. The number of benzene rings is 2. The van der Waals surface area contributed by atoms with Crippen LogP contribution < -0.4 is 5.73 Å². The Bertz CT molecular complexity index is 1620. The van der Waals surface area contributed by atoms with Crippen molar-refractivity contribution in [2.24, 2.45) is 0 Å². The first-order chi connectivity index (χ1) is 19.7. The number of ether oxygens (including phenoxy) is 1. The highest BCUT2D eigenvalue weighted by Gasteiger charge is 2.39. The Hall–Kier alpha value is -4.42. The van der Waals surface area contributed by atoms with Gasteiger partial charge in [-0.2, -0.15) is 10.4 Å². The van der Waals surface area contributed by atoms with Crippen LogP contribution in [-0.4, -0.2) is 68.5 Å². The van der Waals surface area contributed by atoms with E-state index in [9.17, 15) is 10.1 Å². The predicted octanol–water partition coefficient (Wildman–Crippen LogP) is 5.48. The van der Waals surface area contributed by atoms with Gasteiger partial charge >= 0.3 is 6.09 Å². The highest BCUT2D eigenvalue weighted by Crippen LogP contribution is 2.40. The van der Waals surface area contributed by atoms with Crippen molar-refractivity contribution in [3.63, 3.8) is 0 Å². The molecule has 210 valence electrons. The van der Waals surface area contributed by atoms with Crippen LogP contribution in [0.2, 0.25) is 0 Å². The monoisotopic (exact) mass is 549 g/mol. The van der Waals surface area contributed by atoms with Gasteiger partial charge in [-0.25, -0.2) is 14.5 Å². The Morgan fingerprint density at radius 2 is 1.68 bits per heavy atom. The van der Waals surface area contributed by atoms with Crippen molar-refractivity contribution in [1.82, 2.24) is 24.6 Å². The topological polar surface area (TPSA) is 113 Å². The SMILES string of the molecule is CC(C)(C)OC(=O)N1CCN(C2CC(n3nc(-c4ccc5ccc(-c6ccccc6)nc5c4)c(C#N)c3N)C2)CC1. The van der Waals surface area contributed by atoms with Gasteiger partial charge in [0, 0.05) is 48.7 Å². The molecule has 2 aromatic heterocycles. The molecule has 1 saturated heterocycles. The van der Waals surface area contributed by atoms with Crippen LogP contribution in [-0.2, 0) is 4.74 Å². The van der Waals surface area contributed by atoms with E-state index in [1.165, 1.54) is 0 Å². The van der Waals surface area contributed by atoms with Gasteiger partial charge < -0.3 is 15.4 Å². The number of nitriles is 1. The van der Waals surface area contributed by atoms with Crippen LogP contribution in [0.25, 0.3) is 33.4 Å². The molecule has 0 bridgehead atoms. The number of carbonyl (C=O) groups is 1. The lowest BCUT2D eigenvalue weighted by molar-refractivity contribution is -0.00127. The normalized spacial score (nSPS) is 19.5. The lowest BCUT2D eigenvalue weighted by Crippen LogP contribution is -2.55. The molecule has 0 unspecified atom stereocenters. The Balaban J connectivity index is 1.16. The van der Waals surface area contributed by atoms with Gasteiger partial charge in [-0.05, 0) is 45.7 Å². The van der Waals surface area contributed by atoms with Crippen LogP contribution in [0.5, 0.6) is 0 Å². The zero-order chi connectivity index (χ0) is 28.7. The van der Waals surface area contributed by atoms with Gasteiger partial charge in [-0.15, -0.1) is 0 Å². The molecule has 0 atom stereocenters. The van der Waals surface area contributed by atoms with E-state index in [1.54, 1.807) is 4.90 Å². The van der Waals surface area contributed by atoms with Crippen molar-refractivity contribution in [2.45, 2.75) is 51.3 Å². The number of nitrogens with two attached hydrogens (primary N) is 1. The fraction of sp³-hybridized carbons (Fsp3) is 0.375. The smallest absolute Gasteiger partial charge is 0.410 e. The minimum atomic E-state index is -0.491. The first-order valence-electron chi connectivity index (χ1n) is 14.2. The fourth-order valence-electron chi connectivity index (χ4n) is 5.73. The number of anilines is 1. The Morgan fingerprint density at radius 3 is 2.37 bits per heavy atom. The molecule has 2 aromatic carbocycles. The van der Waals surface area contributed by atoms with Crippen molar-refractivity contribution in [1.29, 1.82) is 5.26 Å². The number of nitrogen functional groups attached to an aromatic ring is 1. The largest absolute Gasteiger partial charge is 0.444 e. The Morgan fingerprint density at radius 1 is 0.976 bits per heavy atom. The first-order valence-corrected chi connectivity index (χ1v) is 14.2. The van der Waals surface area contributed by atoms with Gasteiger partial charge in [0.25, 0.3) is 0 Å². The zero-order valence-electron chi connectivity index (χ0n) is 23.7. The summed E-state index contributed by atoms with van der Waals surface area (Å²) in [5.74, 6) is 0.409. The zero-order valence-corrected chi connectivity index (χ0v) is 23.7. The van der Waals surface area contributed by atoms with Crippen molar-refractivity contribution < 1.29 is 9.53 Å². The molecule has 0 radical (unpaired) electrons. The van der Waals surface area contributed by atoms with E-state index in [-0.39, 0.29) is 12.1 Å². The van der Waals surface area contributed by atoms with Crippen LogP contribution in [0.15, 0.2) is 60.7 Å². The molecule has 4 aromatic rings.